The summed E-state index contributed by atoms with van der Waals surface area (Å²) in [6.07, 6.45) is 5.19. The van der Waals surface area contributed by atoms with Gasteiger partial charge in [0.1, 0.15) is 17.7 Å². The summed E-state index contributed by atoms with van der Waals surface area (Å²) in [5.74, 6) is -0.363. The number of nitriles is 1. The number of rotatable bonds is 9. The summed E-state index contributed by atoms with van der Waals surface area (Å²) in [5.41, 5.74) is 6.14. The van der Waals surface area contributed by atoms with E-state index in [1.165, 1.54) is 24.4 Å². The Balaban J connectivity index is 1.30. The number of benzene rings is 2. The first-order valence-electron chi connectivity index (χ1n) is 13.1. The van der Waals surface area contributed by atoms with Crippen molar-refractivity contribution in [3.8, 4) is 17.2 Å². The van der Waals surface area contributed by atoms with E-state index in [1.807, 2.05) is 43.5 Å². The third-order valence-electron chi connectivity index (χ3n) is 6.71. The number of hydrogen-bond acceptors (Lipinski definition) is 6. The van der Waals surface area contributed by atoms with Gasteiger partial charge in [-0.1, -0.05) is 49.7 Å². The monoisotopic (exact) mass is 533 g/mol. The van der Waals surface area contributed by atoms with Crippen LogP contribution in [-0.2, 0) is 13.0 Å². The number of hydrogen-bond donors (Lipinski definition) is 3. The van der Waals surface area contributed by atoms with Gasteiger partial charge in [-0.3, -0.25) is 9.89 Å². The lowest BCUT2D eigenvalue weighted by Gasteiger charge is -2.16. The fourth-order valence-corrected chi connectivity index (χ4v) is 4.50. The number of nitrogens with one attached hydrogen (secondary N) is 3. The lowest BCUT2D eigenvalue weighted by Crippen LogP contribution is -2.28. The van der Waals surface area contributed by atoms with Crippen LogP contribution in [0.5, 0.6) is 0 Å². The Morgan fingerprint density at radius 3 is 2.55 bits per heavy atom. The van der Waals surface area contributed by atoms with Crippen LogP contribution in [0.4, 0.5) is 10.2 Å². The number of aromatic amines is 1. The first-order valence-corrected chi connectivity index (χ1v) is 13.1. The van der Waals surface area contributed by atoms with E-state index in [9.17, 15) is 14.4 Å². The standard InChI is InChI=1S/C31H28FN7O/c1-3-4-28-26-14-24(18-36-30(26)39-38-28)23-7-5-20(6-8-23)16-34-29-27(13-21(15-33)17-35-29)31(40)37-19(2)22-9-11-25(32)12-10-22/h5-14,17-19H,3-4,16H2,1-2H3,(H,34,35)(H,37,40)(H,36,38,39)/t19-/m0/s1. The maximum Gasteiger partial charge on any atom is 0.255 e. The lowest BCUT2D eigenvalue weighted by molar-refractivity contribution is 0.0940. The second-order valence-corrected chi connectivity index (χ2v) is 9.58. The van der Waals surface area contributed by atoms with E-state index in [0.29, 0.717) is 12.4 Å². The van der Waals surface area contributed by atoms with Crippen LogP contribution in [0.3, 0.4) is 0 Å². The van der Waals surface area contributed by atoms with E-state index < -0.39 is 0 Å². The molecule has 5 aromatic rings. The molecule has 1 amide bonds. The van der Waals surface area contributed by atoms with Gasteiger partial charge in [0.2, 0.25) is 0 Å². The molecular weight excluding hydrogens is 505 g/mol. The van der Waals surface area contributed by atoms with Crippen LogP contribution in [0.15, 0.2) is 73.1 Å². The Hall–Kier alpha value is -5.10. The summed E-state index contributed by atoms with van der Waals surface area (Å²) in [5, 5.41) is 23.9. The highest BCUT2D eigenvalue weighted by Gasteiger charge is 2.17. The van der Waals surface area contributed by atoms with Crippen molar-refractivity contribution in [1.82, 2.24) is 25.5 Å². The quantitative estimate of drug-likeness (QED) is 0.211. The third kappa shape index (κ3) is 5.81. The van der Waals surface area contributed by atoms with Crippen molar-refractivity contribution >= 4 is 22.8 Å². The van der Waals surface area contributed by atoms with Gasteiger partial charge in [0, 0.05) is 35.6 Å². The number of fused-ring (bicyclic) bond motifs is 1. The molecule has 0 saturated heterocycles. The van der Waals surface area contributed by atoms with Crippen molar-refractivity contribution < 1.29 is 9.18 Å². The van der Waals surface area contributed by atoms with Crippen molar-refractivity contribution in [3.63, 3.8) is 0 Å². The molecule has 200 valence electrons. The minimum absolute atomic E-state index is 0.256. The van der Waals surface area contributed by atoms with Crippen molar-refractivity contribution in [3.05, 3.63) is 107 Å². The molecule has 5 rings (SSSR count). The van der Waals surface area contributed by atoms with Gasteiger partial charge >= 0.3 is 0 Å². The molecule has 2 aromatic carbocycles. The molecule has 0 fully saturated rings. The highest BCUT2D eigenvalue weighted by molar-refractivity contribution is 5.99. The minimum Gasteiger partial charge on any atom is -0.365 e. The summed E-state index contributed by atoms with van der Waals surface area (Å²) >= 11 is 0. The molecule has 0 aliphatic carbocycles. The van der Waals surface area contributed by atoms with E-state index in [-0.39, 0.29) is 28.9 Å². The molecule has 3 heterocycles. The largest absolute Gasteiger partial charge is 0.365 e. The average Bonchev–Trinajstić information content (AvgIpc) is 3.38. The summed E-state index contributed by atoms with van der Waals surface area (Å²) in [7, 11) is 0. The number of H-pyrrole nitrogens is 1. The number of nitrogens with zero attached hydrogens (tertiary/aromatic N) is 4. The number of carbonyl (C=O) groups excluding carboxylic acids is 1. The number of aromatic nitrogens is 4. The van der Waals surface area contributed by atoms with Gasteiger partial charge < -0.3 is 10.6 Å². The lowest BCUT2D eigenvalue weighted by atomic mass is 10.0. The first kappa shape index (κ1) is 26.5. The van der Waals surface area contributed by atoms with E-state index in [4.69, 9.17) is 0 Å². The van der Waals surface area contributed by atoms with Crippen LogP contribution in [-0.4, -0.2) is 26.1 Å². The van der Waals surface area contributed by atoms with Crippen LogP contribution in [0.2, 0.25) is 0 Å². The van der Waals surface area contributed by atoms with Crippen LogP contribution >= 0.6 is 0 Å². The smallest absolute Gasteiger partial charge is 0.255 e. The number of aryl methyl sites for hydroxylation is 1. The van der Waals surface area contributed by atoms with Crippen LogP contribution in [0.25, 0.3) is 22.2 Å². The fraction of sp³-hybridized carbons (Fsp3) is 0.194. The molecule has 8 nitrogen and oxygen atoms in total. The Morgan fingerprint density at radius 2 is 1.82 bits per heavy atom. The number of amides is 1. The predicted molar refractivity (Wildman–Crippen MR) is 152 cm³/mol. The Kier molecular flexibility index (Phi) is 7.78. The summed E-state index contributed by atoms with van der Waals surface area (Å²) in [4.78, 5) is 22.0. The van der Waals surface area contributed by atoms with Gasteiger partial charge in [0.05, 0.1) is 17.2 Å². The number of anilines is 1. The second kappa shape index (κ2) is 11.7. The van der Waals surface area contributed by atoms with E-state index in [2.05, 4.69) is 43.8 Å². The highest BCUT2D eigenvalue weighted by Crippen LogP contribution is 2.25. The van der Waals surface area contributed by atoms with E-state index >= 15 is 0 Å². The molecule has 0 bridgehead atoms. The number of carbonyl (C=O) groups is 1. The molecule has 9 heteroatoms. The van der Waals surface area contributed by atoms with Crippen molar-refractivity contribution in [2.24, 2.45) is 0 Å². The number of halogens is 1. The Morgan fingerprint density at radius 1 is 1.05 bits per heavy atom. The Bertz CT molecular complexity index is 1690. The molecule has 0 radical (unpaired) electrons. The van der Waals surface area contributed by atoms with Crippen molar-refractivity contribution in [2.75, 3.05) is 5.32 Å². The van der Waals surface area contributed by atoms with Crippen LogP contribution < -0.4 is 10.6 Å². The van der Waals surface area contributed by atoms with Gasteiger partial charge in [-0.25, -0.2) is 14.4 Å². The molecular formula is C31H28FN7O. The highest BCUT2D eigenvalue weighted by atomic mass is 19.1. The zero-order chi connectivity index (χ0) is 28.1. The van der Waals surface area contributed by atoms with Gasteiger partial charge in [0.15, 0.2) is 5.65 Å². The SMILES string of the molecule is CCCc1[nH]nc2ncc(-c3ccc(CNc4ncc(C#N)cc4C(=O)N[C@@H](C)c4ccc(F)cc4)cc3)cc12. The topological polar surface area (TPSA) is 119 Å². The van der Waals surface area contributed by atoms with Crippen LogP contribution in [0, 0.1) is 17.1 Å². The molecule has 0 aliphatic heterocycles. The predicted octanol–water partition coefficient (Wildman–Crippen LogP) is 6.09. The zero-order valence-corrected chi connectivity index (χ0v) is 22.2. The molecule has 0 saturated carbocycles. The molecule has 3 aromatic heterocycles. The van der Waals surface area contributed by atoms with Gasteiger partial charge in [-0.15, -0.1) is 0 Å². The summed E-state index contributed by atoms with van der Waals surface area (Å²) in [6, 6.07) is 19.3. The average molecular weight is 534 g/mol. The van der Waals surface area contributed by atoms with Crippen LogP contribution in [0.1, 0.15) is 59.1 Å². The van der Waals surface area contributed by atoms with E-state index in [1.54, 1.807) is 12.1 Å². The molecule has 40 heavy (non-hydrogen) atoms. The second-order valence-electron chi connectivity index (χ2n) is 9.58. The fourth-order valence-electron chi connectivity index (χ4n) is 4.50. The van der Waals surface area contributed by atoms with Gasteiger partial charge in [-0.2, -0.15) is 10.4 Å². The number of pyridine rings is 2. The van der Waals surface area contributed by atoms with Crippen molar-refractivity contribution in [2.45, 2.75) is 39.3 Å². The third-order valence-corrected chi connectivity index (χ3v) is 6.71. The van der Waals surface area contributed by atoms with Gasteiger partial charge in [-0.05, 0) is 54.3 Å². The molecule has 0 unspecified atom stereocenters. The maximum absolute atomic E-state index is 13.3. The first-order chi connectivity index (χ1) is 19.4. The maximum atomic E-state index is 13.3. The molecule has 3 N–H and O–H groups in total. The normalized spacial score (nSPS) is 11.7. The van der Waals surface area contributed by atoms with Crippen molar-refractivity contribution in [1.29, 1.82) is 5.26 Å². The molecule has 0 aliphatic rings. The Labute approximate surface area is 231 Å². The van der Waals surface area contributed by atoms with Gasteiger partial charge in [0.25, 0.3) is 5.91 Å². The summed E-state index contributed by atoms with van der Waals surface area (Å²) in [6.45, 7) is 4.37. The van der Waals surface area contributed by atoms with E-state index in [0.717, 1.165) is 51.8 Å². The molecule has 1 atom stereocenters. The molecule has 0 spiro atoms. The zero-order valence-electron chi connectivity index (χ0n) is 22.2. The summed E-state index contributed by atoms with van der Waals surface area (Å²) < 4.78 is 13.3. The minimum atomic E-state index is -0.385.